The van der Waals surface area contributed by atoms with Gasteiger partial charge in [-0.05, 0) is 36.2 Å². The highest BCUT2D eigenvalue weighted by Crippen LogP contribution is 2.33. The van der Waals surface area contributed by atoms with Crippen molar-refractivity contribution in [3.8, 4) is 0 Å². The minimum atomic E-state index is -0.458. The fraction of sp³-hybridized carbons (Fsp3) is 0.136. The molecule has 1 amide bonds. The second-order valence-electron chi connectivity index (χ2n) is 6.45. The number of benzene rings is 3. The van der Waals surface area contributed by atoms with Crippen molar-refractivity contribution in [3.05, 3.63) is 83.2 Å². The summed E-state index contributed by atoms with van der Waals surface area (Å²) in [5, 5.41) is 1.79. The van der Waals surface area contributed by atoms with Crippen LogP contribution in [0.25, 0.3) is 21.8 Å². The Morgan fingerprint density at radius 1 is 1.04 bits per heavy atom. The van der Waals surface area contributed by atoms with Gasteiger partial charge in [-0.2, -0.15) is 0 Å². The molecule has 0 radical (unpaired) electrons. The van der Waals surface area contributed by atoms with E-state index in [0.717, 1.165) is 28.2 Å². The molecule has 130 valence electrons. The molecule has 4 aromatic rings. The molecule has 0 spiro atoms. The number of carbonyl (C=O) groups is 1. The number of fused-ring (bicyclic) bond motifs is 3. The highest BCUT2D eigenvalue weighted by molar-refractivity contribution is 6.17. The predicted molar refractivity (Wildman–Crippen MR) is 103 cm³/mol. The number of halogens is 1. The van der Waals surface area contributed by atoms with E-state index in [9.17, 15) is 9.18 Å². The summed E-state index contributed by atoms with van der Waals surface area (Å²) in [4.78, 5) is 12.0. The molecule has 4 rings (SSSR count). The smallest absolute Gasteiger partial charge is 0.249 e. The lowest BCUT2D eigenvalue weighted by molar-refractivity contribution is 0.100. The quantitative estimate of drug-likeness (QED) is 0.575. The van der Waals surface area contributed by atoms with Gasteiger partial charge < -0.3 is 10.3 Å². The summed E-state index contributed by atoms with van der Waals surface area (Å²) in [6, 6.07) is 18.5. The van der Waals surface area contributed by atoms with Crippen LogP contribution in [-0.4, -0.2) is 10.5 Å². The normalized spacial score (nSPS) is 11.3. The first-order valence-corrected chi connectivity index (χ1v) is 8.67. The molecule has 0 saturated heterocycles. The van der Waals surface area contributed by atoms with E-state index in [0.29, 0.717) is 17.7 Å². The zero-order chi connectivity index (χ0) is 18.3. The second-order valence-corrected chi connectivity index (χ2v) is 6.45. The minimum absolute atomic E-state index is 0.236. The number of carbonyl (C=O) groups excluding carboxylic acids is 1. The van der Waals surface area contributed by atoms with Gasteiger partial charge in [-0.25, -0.2) is 4.39 Å². The molecule has 3 nitrogen and oxygen atoms in total. The van der Waals surface area contributed by atoms with Gasteiger partial charge in [-0.15, -0.1) is 0 Å². The molecule has 0 aliphatic heterocycles. The highest BCUT2D eigenvalue weighted by Gasteiger charge is 2.17. The topological polar surface area (TPSA) is 48.0 Å². The van der Waals surface area contributed by atoms with E-state index < -0.39 is 5.91 Å². The zero-order valence-electron chi connectivity index (χ0n) is 14.5. The van der Waals surface area contributed by atoms with Crippen LogP contribution in [0, 0.1) is 5.82 Å². The standard InChI is InChI=1S/C22H19FN2O/c1-2-14-10-11-16-20(12-14)25(13-15-6-3-4-8-18(15)23)19-9-5-7-17(21(16)19)22(24)26/h3-12H,2,13H2,1H3,(H2,24,26). The predicted octanol–water partition coefficient (Wildman–Crippen LogP) is 4.64. The van der Waals surface area contributed by atoms with Crippen LogP contribution in [0.15, 0.2) is 60.7 Å². The first-order chi connectivity index (χ1) is 12.6. The van der Waals surface area contributed by atoms with Crippen molar-refractivity contribution in [1.82, 2.24) is 4.57 Å². The third-order valence-electron chi connectivity index (χ3n) is 4.92. The van der Waals surface area contributed by atoms with Crippen molar-refractivity contribution in [2.24, 2.45) is 5.73 Å². The number of aromatic nitrogens is 1. The molecule has 26 heavy (non-hydrogen) atoms. The van der Waals surface area contributed by atoms with Gasteiger partial charge in [0, 0.05) is 27.4 Å². The SMILES string of the molecule is CCc1ccc2c3c(C(N)=O)cccc3n(Cc3ccccc3F)c2c1. The number of nitrogens with zero attached hydrogens (tertiary/aromatic N) is 1. The van der Waals surface area contributed by atoms with Crippen molar-refractivity contribution in [3.63, 3.8) is 0 Å². The molecule has 0 fully saturated rings. The third kappa shape index (κ3) is 2.54. The van der Waals surface area contributed by atoms with Gasteiger partial charge in [0.05, 0.1) is 12.1 Å². The van der Waals surface area contributed by atoms with Crippen LogP contribution in [0.3, 0.4) is 0 Å². The molecule has 0 saturated carbocycles. The molecule has 1 heterocycles. The minimum Gasteiger partial charge on any atom is -0.366 e. The van der Waals surface area contributed by atoms with Gasteiger partial charge in [-0.3, -0.25) is 4.79 Å². The largest absolute Gasteiger partial charge is 0.366 e. The van der Waals surface area contributed by atoms with E-state index >= 15 is 0 Å². The Morgan fingerprint density at radius 3 is 2.58 bits per heavy atom. The molecule has 3 aromatic carbocycles. The highest BCUT2D eigenvalue weighted by atomic mass is 19.1. The Kier molecular flexibility index (Phi) is 3.96. The molecule has 0 aliphatic rings. The van der Waals surface area contributed by atoms with Crippen LogP contribution < -0.4 is 5.73 Å². The van der Waals surface area contributed by atoms with E-state index in [4.69, 9.17) is 5.73 Å². The molecule has 0 atom stereocenters. The molecule has 2 N–H and O–H groups in total. The summed E-state index contributed by atoms with van der Waals surface area (Å²) in [7, 11) is 0. The van der Waals surface area contributed by atoms with E-state index in [1.165, 1.54) is 11.6 Å². The van der Waals surface area contributed by atoms with Gasteiger partial charge >= 0.3 is 0 Å². The lowest BCUT2D eigenvalue weighted by atomic mass is 10.0. The number of hydrogen-bond acceptors (Lipinski definition) is 1. The van der Waals surface area contributed by atoms with Crippen molar-refractivity contribution < 1.29 is 9.18 Å². The Labute approximate surface area is 150 Å². The van der Waals surface area contributed by atoms with Crippen molar-refractivity contribution in [2.45, 2.75) is 19.9 Å². The maximum absolute atomic E-state index is 14.2. The van der Waals surface area contributed by atoms with Gasteiger partial charge in [0.25, 0.3) is 0 Å². The Bertz CT molecular complexity index is 1140. The van der Waals surface area contributed by atoms with Crippen LogP contribution >= 0.6 is 0 Å². The van der Waals surface area contributed by atoms with E-state index in [2.05, 4.69) is 23.6 Å². The number of primary amides is 1. The lowest BCUT2D eigenvalue weighted by Crippen LogP contribution is -2.11. The first kappa shape index (κ1) is 16.3. The summed E-state index contributed by atoms with van der Waals surface area (Å²) in [6.45, 7) is 2.49. The summed E-state index contributed by atoms with van der Waals surface area (Å²) in [5.41, 5.74) is 9.76. The maximum Gasteiger partial charge on any atom is 0.249 e. The fourth-order valence-corrected chi connectivity index (χ4v) is 3.58. The van der Waals surface area contributed by atoms with Gasteiger partial charge in [0.15, 0.2) is 0 Å². The van der Waals surface area contributed by atoms with Gasteiger partial charge in [-0.1, -0.05) is 43.3 Å². The number of nitrogens with two attached hydrogens (primary N) is 1. The maximum atomic E-state index is 14.2. The third-order valence-corrected chi connectivity index (χ3v) is 4.92. The van der Waals surface area contributed by atoms with Gasteiger partial charge in [0.2, 0.25) is 5.91 Å². The van der Waals surface area contributed by atoms with E-state index in [1.807, 2.05) is 24.3 Å². The number of aryl methyl sites for hydroxylation is 1. The van der Waals surface area contributed by atoms with Gasteiger partial charge in [0.1, 0.15) is 5.82 Å². The average molecular weight is 346 g/mol. The van der Waals surface area contributed by atoms with Crippen LogP contribution in [0.2, 0.25) is 0 Å². The summed E-state index contributed by atoms with van der Waals surface area (Å²) >= 11 is 0. The molecular weight excluding hydrogens is 327 g/mol. The number of hydrogen-bond donors (Lipinski definition) is 1. The van der Waals surface area contributed by atoms with Crippen LogP contribution in [0.1, 0.15) is 28.4 Å². The lowest BCUT2D eigenvalue weighted by Gasteiger charge is -2.09. The monoisotopic (exact) mass is 346 g/mol. The molecule has 0 unspecified atom stereocenters. The zero-order valence-corrected chi connectivity index (χ0v) is 14.5. The Balaban J connectivity index is 2.07. The summed E-state index contributed by atoms with van der Waals surface area (Å²) in [5.74, 6) is -0.694. The molecular formula is C22H19FN2O. The second kappa shape index (κ2) is 6.30. The van der Waals surface area contributed by atoms with Crippen molar-refractivity contribution in [1.29, 1.82) is 0 Å². The summed E-state index contributed by atoms with van der Waals surface area (Å²) in [6.07, 6.45) is 0.903. The van der Waals surface area contributed by atoms with Crippen molar-refractivity contribution >= 4 is 27.7 Å². The van der Waals surface area contributed by atoms with Crippen LogP contribution in [-0.2, 0) is 13.0 Å². The molecule has 0 aliphatic carbocycles. The molecule has 0 bridgehead atoms. The fourth-order valence-electron chi connectivity index (χ4n) is 3.58. The first-order valence-electron chi connectivity index (χ1n) is 8.67. The summed E-state index contributed by atoms with van der Waals surface area (Å²) < 4.78 is 16.3. The average Bonchev–Trinajstić information content (AvgIpc) is 2.96. The number of amides is 1. The molecule has 1 aromatic heterocycles. The Morgan fingerprint density at radius 2 is 1.85 bits per heavy atom. The van der Waals surface area contributed by atoms with E-state index in [-0.39, 0.29) is 5.82 Å². The van der Waals surface area contributed by atoms with Crippen LogP contribution in [0.5, 0.6) is 0 Å². The van der Waals surface area contributed by atoms with E-state index in [1.54, 1.807) is 18.2 Å². The molecule has 4 heteroatoms. The number of rotatable bonds is 4. The van der Waals surface area contributed by atoms with Crippen molar-refractivity contribution in [2.75, 3.05) is 0 Å². The Hall–Kier alpha value is -3.14. The van der Waals surface area contributed by atoms with Crippen LogP contribution in [0.4, 0.5) is 4.39 Å².